The van der Waals surface area contributed by atoms with Gasteiger partial charge in [0.15, 0.2) is 0 Å². The molecule has 0 atom stereocenters. The average Bonchev–Trinajstić information content (AvgIpc) is 2.97. The first kappa shape index (κ1) is 20.2. The molecular weight excluding hydrogens is 397 g/mol. The Bertz CT molecular complexity index is 942. The number of halogens is 2. The van der Waals surface area contributed by atoms with E-state index in [2.05, 4.69) is 10.4 Å². The summed E-state index contributed by atoms with van der Waals surface area (Å²) in [5, 5.41) is 8.20. The molecule has 0 saturated heterocycles. The summed E-state index contributed by atoms with van der Waals surface area (Å²) in [6, 6.07) is 17.0. The van der Waals surface area contributed by atoms with E-state index in [1.165, 1.54) is 0 Å². The third-order valence-corrected chi connectivity index (χ3v) is 4.94. The van der Waals surface area contributed by atoms with Crippen LogP contribution < -0.4 is 10.1 Å². The molecule has 2 aromatic carbocycles. The Kier molecular flexibility index (Phi) is 6.95. The fourth-order valence-electron chi connectivity index (χ4n) is 2.77. The van der Waals surface area contributed by atoms with Crippen molar-refractivity contribution in [2.45, 2.75) is 19.9 Å². The first-order valence-corrected chi connectivity index (χ1v) is 9.74. The van der Waals surface area contributed by atoms with Crippen molar-refractivity contribution in [1.82, 2.24) is 15.1 Å². The number of aromatic nitrogens is 2. The van der Waals surface area contributed by atoms with Crippen molar-refractivity contribution < 1.29 is 9.53 Å². The van der Waals surface area contributed by atoms with E-state index in [1.807, 2.05) is 54.6 Å². The Morgan fingerprint density at radius 3 is 2.57 bits per heavy atom. The minimum absolute atomic E-state index is 0.243. The number of nitrogens with one attached hydrogen (secondary N) is 1. The Labute approximate surface area is 174 Å². The fraction of sp³-hybridized carbons (Fsp3) is 0.238. The normalized spacial score (nSPS) is 10.7. The predicted octanol–water partition coefficient (Wildman–Crippen LogP) is 4.75. The molecule has 1 heterocycles. The lowest BCUT2D eigenvalue weighted by Gasteiger charge is -2.08. The van der Waals surface area contributed by atoms with E-state index in [0.717, 1.165) is 11.3 Å². The highest BCUT2D eigenvalue weighted by molar-refractivity contribution is 6.33. The molecule has 0 aliphatic rings. The molecule has 1 aromatic heterocycles. The van der Waals surface area contributed by atoms with Crippen molar-refractivity contribution in [2.24, 2.45) is 0 Å². The molecule has 0 spiro atoms. The molecule has 146 valence electrons. The van der Waals surface area contributed by atoms with E-state index in [9.17, 15) is 4.79 Å². The molecule has 1 N–H and O–H groups in total. The van der Waals surface area contributed by atoms with Crippen molar-refractivity contribution in [3.05, 3.63) is 81.6 Å². The first-order valence-electron chi connectivity index (χ1n) is 8.98. The maximum absolute atomic E-state index is 12.5. The van der Waals surface area contributed by atoms with Gasteiger partial charge in [-0.1, -0.05) is 59.6 Å². The van der Waals surface area contributed by atoms with Crippen LogP contribution in [0.15, 0.2) is 54.6 Å². The molecule has 3 aromatic rings. The maximum Gasteiger partial charge on any atom is 0.256 e. The molecule has 5 nitrogen and oxygen atoms in total. The lowest BCUT2D eigenvalue weighted by Crippen LogP contribution is -2.26. The quantitative estimate of drug-likeness (QED) is 0.538. The van der Waals surface area contributed by atoms with E-state index >= 15 is 0 Å². The number of carbonyl (C=O) groups excluding carboxylic acids is 1. The zero-order chi connectivity index (χ0) is 19.9. The Morgan fingerprint density at radius 1 is 1.11 bits per heavy atom. The third-order valence-electron chi connectivity index (χ3n) is 4.19. The van der Waals surface area contributed by atoms with Crippen LogP contribution in [0.25, 0.3) is 0 Å². The molecule has 28 heavy (non-hydrogen) atoms. The van der Waals surface area contributed by atoms with Crippen LogP contribution in [0.4, 0.5) is 0 Å². The SMILES string of the molecule is Cc1nn(Cc2ccccc2Cl)c(Cl)c1C(=O)NCCCOc1ccccc1. The second-order valence-electron chi connectivity index (χ2n) is 6.27. The van der Waals surface area contributed by atoms with E-state index in [0.29, 0.717) is 47.6 Å². The van der Waals surface area contributed by atoms with Crippen LogP contribution in [-0.2, 0) is 6.54 Å². The van der Waals surface area contributed by atoms with Crippen LogP contribution in [-0.4, -0.2) is 28.8 Å². The molecular formula is C21H21Cl2N3O2. The fourth-order valence-corrected chi connectivity index (χ4v) is 3.29. The lowest BCUT2D eigenvalue weighted by atomic mass is 10.2. The van der Waals surface area contributed by atoms with E-state index < -0.39 is 0 Å². The number of carbonyl (C=O) groups is 1. The highest BCUT2D eigenvalue weighted by Crippen LogP contribution is 2.23. The molecule has 0 bridgehead atoms. The van der Waals surface area contributed by atoms with Gasteiger partial charge in [-0.2, -0.15) is 5.10 Å². The van der Waals surface area contributed by atoms with Crippen molar-refractivity contribution in [3.63, 3.8) is 0 Å². The van der Waals surface area contributed by atoms with Gasteiger partial charge in [-0.25, -0.2) is 4.68 Å². The molecule has 1 amide bonds. The van der Waals surface area contributed by atoms with Crippen LogP contribution in [0.2, 0.25) is 10.2 Å². The minimum Gasteiger partial charge on any atom is -0.494 e. The predicted molar refractivity (Wildman–Crippen MR) is 111 cm³/mol. The summed E-state index contributed by atoms with van der Waals surface area (Å²) >= 11 is 12.6. The second-order valence-corrected chi connectivity index (χ2v) is 7.04. The molecule has 0 unspecified atom stereocenters. The smallest absolute Gasteiger partial charge is 0.256 e. The zero-order valence-corrected chi connectivity index (χ0v) is 17.0. The van der Waals surface area contributed by atoms with Crippen molar-refractivity contribution in [3.8, 4) is 5.75 Å². The van der Waals surface area contributed by atoms with Gasteiger partial charge in [0.05, 0.1) is 24.4 Å². The number of rotatable bonds is 8. The summed E-state index contributed by atoms with van der Waals surface area (Å²) in [5.74, 6) is 0.571. The van der Waals surface area contributed by atoms with E-state index in [4.69, 9.17) is 27.9 Å². The topological polar surface area (TPSA) is 56.2 Å². The molecule has 0 saturated carbocycles. The van der Waals surface area contributed by atoms with E-state index in [-0.39, 0.29) is 5.91 Å². The average molecular weight is 418 g/mol. The van der Waals surface area contributed by atoms with Gasteiger partial charge >= 0.3 is 0 Å². The molecule has 0 fully saturated rings. The molecule has 0 aliphatic carbocycles. The van der Waals surface area contributed by atoms with Gasteiger partial charge in [0.25, 0.3) is 5.91 Å². The highest BCUT2D eigenvalue weighted by Gasteiger charge is 2.20. The van der Waals surface area contributed by atoms with Gasteiger partial charge in [-0.05, 0) is 37.1 Å². The highest BCUT2D eigenvalue weighted by atomic mass is 35.5. The molecule has 0 aliphatic heterocycles. The lowest BCUT2D eigenvalue weighted by molar-refractivity contribution is 0.0951. The van der Waals surface area contributed by atoms with Crippen molar-refractivity contribution >= 4 is 29.1 Å². The number of ether oxygens (including phenoxy) is 1. The van der Waals surface area contributed by atoms with Gasteiger partial charge in [0, 0.05) is 11.6 Å². The van der Waals surface area contributed by atoms with Crippen molar-refractivity contribution in [2.75, 3.05) is 13.2 Å². The summed E-state index contributed by atoms with van der Waals surface area (Å²) in [6.45, 7) is 3.17. The Balaban J connectivity index is 1.55. The van der Waals surface area contributed by atoms with E-state index in [1.54, 1.807) is 11.6 Å². The van der Waals surface area contributed by atoms with Gasteiger partial charge < -0.3 is 10.1 Å². The van der Waals surface area contributed by atoms with Crippen molar-refractivity contribution in [1.29, 1.82) is 0 Å². The van der Waals surface area contributed by atoms with Gasteiger partial charge in [0.2, 0.25) is 0 Å². The van der Waals surface area contributed by atoms with Crippen LogP contribution in [0.5, 0.6) is 5.75 Å². The number of para-hydroxylation sites is 1. The van der Waals surface area contributed by atoms with Gasteiger partial charge in [-0.3, -0.25) is 4.79 Å². The summed E-state index contributed by atoms with van der Waals surface area (Å²) in [7, 11) is 0. The number of aryl methyl sites for hydroxylation is 1. The number of hydrogen-bond donors (Lipinski definition) is 1. The van der Waals surface area contributed by atoms with Crippen LogP contribution in [0.1, 0.15) is 28.0 Å². The largest absolute Gasteiger partial charge is 0.494 e. The summed E-state index contributed by atoms with van der Waals surface area (Å²) < 4.78 is 7.21. The van der Waals surface area contributed by atoms with Crippen LogP contribution in [0, 0.1) is 6.92 Å². The Morgan fingerprint density at radius 2 is 1.82 bits per heavy atom. The van der Waals surface area contributed by atoms with Gasteiger partial charge in [0.1, 0.15) is 10.9 Å². The number of hydrogen-bond acceptors (Lipinski definition) is 3. The summed E-state index contributed by atoms with van der Waals surface area (Å²) in [4.78, 5) is 12.5. The number of nitrogens with zero attached hydrogens (tertiary/aromatic N) is 2. The second kappa shape index (κ2) is 9.62. The Hall–Kier alpha value is -2.50. The summed E-state index contributed by atoms with van der Waals surface area (Å²) in [5.41, 5.74) is 1.85. The molecule has 3 rings (SSSR count). The third kappa shape index (κ3) is 5.06. The standard InChI is InChI=1S/C21H21Cl2N3O2/c1-15-19(20(23)26(25-15)14-16-8-5-6-11-18(16)22)21(27)24-12-7-13-28-17-9-3-2-4-10-17/h2-6,8-11H,7,12-14H2,1H3,(H,24,27). The maximum atomic E-state index is 12.5. The number of amides is 1. The van der Waals surface area contributed by atoms with Gasteiger partial charge in [-0.15, -0.1) is 0 Å². The molecule has 7 heteroatoms. The summed E-state index contributed by atoms with van der Waals surface area (Å²) in [6.07, 6.45) is 0.686. The monoisotopic (exact) mass is 417 g/mol. The first-order chi connectivity index (χ1) is 13.6. The minimum atomic E-state index is -0.243. The molecule has 0 radical (unpaired) electrons. The zero-order valence-electron chi connectivity index (χ0n) is 15.5. The number of benzene rings is 2. The van der Waals surface area contributed by atoms with Crippen LogP contribution >= 0.6 is 23.2 Å². The van der Waals surface area contributed by atoms with Crippen LogP contribution in [0.3, 0.4) is 0 Å².